The summed E-state index contributed by atoms with van der Waals surface area (Å²) in [5.41, 5.74) is 3.80. The van der Waals surface area contributed by atoms with Crippen LogP contribution in [0.4, 0.5) is 0 Å². The number of aromatic nitrogens is 5. The van der Waals surface area contributed by atoms with E-state index in [2.05, 4.69) is 20.1 Å². The van der Waals surface area contributed by atoms with Crippen LogP contribution in [0.25, 0.3) is 28.8 Å². The summed E-state index contributed by atoms with van der Waals surface area (Å²) in [6, 6.07) is 5.42. The molecule has 0 aliphatic heterocycles. The van der Waals surface area contributed by atoms with E-state index in [1.165, 1.54) is 0 Å². The molecule has 150 valence electrons. The number of pyridine rings is 2. The Hall–Kier alpha value is -3.94. The van der Waals surface area contributed by atoms with Crippen molar-refractivity contribution in [2.45, 2.75) is 19.4 Å². The van der Waals surface area contributed by atoms with Crippen molar-refractivity contribution >= 4 is 28.8 Å². The van der Waals surface area contributed by atoms with E-state index < -0.39 is 0 Å². The summed E-state index contributed by atoms with van der Waals surface area (Å²) in [6.45, 7) is 1.96. The Morgan fingerprint density at radius 3 is 2.90 bits per heavy atom. The lowest BCUT2D eigenvalue weighted by atomic mass is 10.1. The molecule has 8 heteroatoms. The van der Waals surface area contributed by atoms with Gasteiger partial charge in [0.25, 0.3) is 0 Å². The molecule has 30 heavy (non-hydrogen) atoms. The molecule has 1 atom stereocenters. The van der Waals surface area contributed by atoms with E-state index in [1.54, 1.807) is 36.5 Å². The maximum atomic E-state index is 12.9. The van der Waals surface area contributed by atoms with Crippen molar-refractivity contribution in [2.24, 2.45) is 0 Å². The van der Waals surface area contributed by atoms with Crippen LogP contribution < -0.4 is 16.3 Å². The number of aromatic amines is 1. The second-order valence-corrected chi connectivity index (χ2v) is 7.06. The molecule has 8 nitrogen and oxygen atoms in total. The molecule has 1 aliphatic rings. The standard InChI is InChI=1S/C22H19N5O3/c1-13(17-5-3-4-8-23-17)27-21-16-9-20(29-2)15(14-10-25-30-12-14)6-7-18(16)24-11-19(21)26-22(27)28/h3-5,7-13H,6H2,1-2H3,(H,26,28)/t13-/m1/s1. The van der Waals surface area contributed by atoms with Gasteiger partial charge in [0.2, 0.25) is 0 Å². The molecule has 0 spiro atoms. The zero-order valence-electron chi connectivity index (χ0n) is 16.5. The molecule has 0 unspecified atom stereocenters. The molecule has 1 N–H and O–H groups in total. The van der Waals surface area contributed by atoms with Gasteiger partial charge >= 0.3 is 5.69 Å². The Kier molecular flexibility index (Phi) is 4.31. The van der Waals surface area contributed by atoms with Gasteiger partial charge < -0.3 is 14.2 Å². The van der Waals surface area contributed by atoms with E-state index >= 15 is 0 Å². The summed E-state index contributed by atoms with van der Waals surface area (Å²) in [6.07, 6.45) is 11.2. The third-order valence-electron chi connectivity index (χ3n) is 5.40. The summed E-state index contributed by atoms with van der Waals surface area (Å²) in [7, 11) is 1.62. The number of nitrogens with zero attached hydrogens (tertiary/aromatic N) is 4. The van der Waals surface area contributed by atoms with Gasteiger partial charge in [0.1, 0.15) is 12.0 Å². The first kappa shape index (κ1) is 18.1. The van der Waals surface area contributed by atoms with E-state index in [9.17, 15) is 4.79 Å². The van der Waals surface area contributed by atoms with Gasteiger partial charge in [0.05, 0.1) is 47.6 Å². The van der Waals surface area contributed by atoms with Crippen LogP contribution in [0.15, 0.2) is 58.1 Å². The predicted octanol–water partition coefficient (Wildman–Crippen LogP) is 1.74. The van der Waals surface area contributed by atoms with Crippen molar-refractivity contribution in [3.05, 3.63) is 81.1 Å². The molecule has 0 saturated heterocycles. The van der Waals surface area contributed by atoms with Crippen LogP contribution in [-0.4, -0.2) is 31.8 Å². The van der Waals surface area contributed by atoms with Crippen LogP contribution in [-0.2, 0) is 4.74 Å². The normalized spacial score (nSPS) is 14.6. The molecular weight excluding hydrogens is 382 g/mol. The maximum absolute atomic E-state index is 12.9. The maximum Gasteiger partial charge on any atom is 0.327 e. The Labute approximate surface area is 170 Å². The fourth-order valence-electron chi connectivity index (χ4n) is 3.90. The lowest BCUT2D eigenvalue weighted by Gasteiger charge is -2.13. The summed E-state index contributed by atoms with van der Waals surface area (Å²) in [5, 5.41) is 5.40. The molecule has 0 aromatic carbocycles. The zero-order valence-corrected chi connectivity index (χ0v) is 16.5. The second-order valence-electron chi connectivity index (χ2n) is 7.06. The smallest absolute Gasteiger partial charge is 0.327 e. The van der Waals surface area contributed by atoms with Gasteiger partial charge in [-0.1, -0.05) is 17.3 Å². The molecule has 0 saturated carbocycles. The van der Waals surface area contributed by atoms with Crippen molar-refractivity contribution in [2.75, 3.05) is 7.11 Å². The van der Waals surface area contributed by atoms with Gasteiger partial charge in [-0.05, 0) is 31.6 Å². The van der Waals surface area contributed by atoms with Crippen molar-refractivity contribution in [1.82, 2.24) is 24.7 Å². The van der Waals surface area contributed by atoms with Gasteiger partial charge in [-0.25, -0.2) is 4.79 Å². The minimum Gasteiger partial charge on any atom is -0.496 e. The number of allylic oxidation sites excluding steroid dienone is 2. The number of methoxy groups -OCH3 is 1. The van der Waals surface area contributed by atoms with E-state index in [-0.39, 0.29) is 11.7 Å². The zero-order chi connectivity index (χ0) is 20.7. The van der Waals surface area contributed by atoms with Gasteiger partial charge in [-0.3, -0.25) is 14.5 Å². The predicted molar refractivity (Wildman–Crippen MR) is 112 cm³/mol. The average Bonchev–Trinajstić information content (AvgIpc) is 3.37. The Balaban J connectivity index is 1.82. The topological polar surface area (TPSA) is 98.8 Å². The van der Waals surface area contributed by atoms with Crippen LogP contribution in [0.5, 0.6) is 0 Å². The second kappa shape index (κ2) is 7.14. The number of hydrogen-bond donors (Lipinski definition) is 1. The van der Waals surface area contributed by atoms with Gasteiger partial charge in [-0.2, -0.15) is 0 Å². The van der Waals surface area contributed by atoms with Gasteiger partial charge in [-0.15, -0.1) is 0 Å². The molecule has 4 heterocycles. The van der Waals surface area contributed by atoms with E-state index in [0.29, 0.717) is 17.7 Å². The summed E-state index contributed by atoms with van der Waals surface area (Å²) < 4.78 is 12.4. The van der Waals surface area contributed by atoms with Crippen LogP contribution >= 0.6 is 0 Å². The van der Waals surface area contributed by atoms with Gasteiger partial charge in [0, 0.05) is 22.6 Å². The quantitative estimate of drug-likeness (QED) is 0.559. The average molecular weight is 401 g/mol. The fraction of sp³-hybridized carbons (Fsp3) is 0.182. The number of fused-ring (bicyclic) bond motifs is 3. The molecular formula is C22H19N5O3. The Bertz CT molecular complexity index is 1430. The lowest BCUT2D eigenvalue weighted by Crippen LogP contribution is -2.32. The minimum absolute atomic E-state index is 0.210. The number of imidazole rings is 1. The van der Waals surface area contributed by atoms with E-state index in [1.807, 2.05) is 37.3 Å². The molecule has 4 aromatic rings. The summed E-state index contributed by atoms with van der Waals surface area (Å²) in [5.74, 6) is 0.674. The van der Waals surface area contributed by atoms with E-state index in [0.717, 1.165) is 32.9 Å². The SMILES string of the molecule is COC1=C(c2cnoc2)CC=c2ncc3[nH]c(=O)n([C@H](C)c4ccccn4)c3c2=C1. The number of nitrogens with one attached hydrogen (secondary N) is 1. The highest BCUT2D eigenvalue weighted by molar-refractivity contribution is 5.83. The molecule has 0 fully saturated rings. The molecule has 0 radical (unpaired) electrons. The monoisotopic (exact) mass is 401 g/mol. The minimum atomic E-state index is -0.261. The molecule has 1 aliphatic carbocycles. The van der Waals surface area contributed by atoms with Crippen LogP contribution in [0.2, 0.25) is 0 Å². The van der Waals surface area contributed by atoms with E-state index in [4.69, 9.17) is 9.26 Å². The van der Waals surface area contributed by atoms with Crippen LogP contribution in [0.1, 0.15) is 30.6 Å². The third kappa shape index (κ3) is 2.85. The highest BCUT2D eigenvalue weighted by Gasteiger charge is 2.19. The lowest BCUT2D eigenvalue weighted by molar-refractivity contribution is 0.315. The first-order valence-corrected chi connectivity index (χ1v) is 9.56. The molecule has 5 rings (SSSR count). The number of hydrogen-bond acceptors (Lipinski definition) is 6. The number of H-pyrrole nitrogens is 1. The third-order valence-corrected chi connectivity index (χ3v) is 5.40. The molecule has 0 amide bonds. The summed E-state index contributed by atoms with van der Waals surface area (Å²) in [4.78, 5) is 24.8. The van der Waals surface area contributed by atoms with Crippen LogP contribution in [0.3, 0.4) is 0 Å². The number of ether oxygens (including phenoxy) is 1. The van der Waals surface area contributed by atoms with Crippen molar-refractivity contribution in [3.63, 3.8) is 0 Å². The van der Waals surface area contributed by atoms with Crippen molar-refractivity contribution in [3.8, 4) is 0 Å². The first-order chi connectivity index (χ1) is 14.7. The highest BCUT2D eigenvalue weighted by Crippen LogP contribution is 2.25. The molecule has 4 aromatic heterocycles. The number of rotatable bonds is 4. The van der Waals surface area contributed by atoms with Gasteiger partial charge in [0.15, 0.2) is 0 Å². The molecule has 0 bridgehead atoms. The fourth-order valence-corrected chi connectivity index (χ4v) is 3.90. The first-order valence-electron chi connectivity index (χ1n) is 9.56. The van der Waals surface area contributed by atoms with Crippen LogP contribution in [0, 0.1) is 0 Å². The van der Waals surface area contributed by atoms with Crippen molar-refractivity contribution < 1.29 is 9.26 Å². The Morgan fingerprint density at radius 2 is 2.17 bits per heavy atom. The Morgan fingerprint density at radius 1 is 1.27 bits per heavy atom. The largest absolute Gasteiger partial charge is 0.496 e. The highest BCUT2D eigenvalue weighted by atomic mass is 16.5. The summed E-state index contributed by atoms with van der Waals surface area (Å²) >= 11 is 0. The van der Waals surface area contributed by atoms with Crippen molar-refractivity contribution in [1.29, 1.82) is 0 Å².